The second-order valence-electron chi connectivity index (χ2n) is 3.20. The van der Waals surface area contributed by atoms with Crippen LogP contribution in [0.15, 0.2) is 18.3 Å². The van der Waals surface area contributed by atoms with Gasteiger partial charge >= 0.3 is 6.18 Å². The Morgan fingerprint density at radius 2 is 2.18 bits per heavy atom. The number of nitrogen functional groups attached to an aromatic ring is 1. The van der Waals surface area contributed by atoms with Crippen molar-refractivity contribution in [1.29, 1.82) is 0 Å². The van der Waals surface area contributed by atoms with E-state index in [0.29, 0.717) is 5.69 Å². The summed E-state index contributed by atoms with van der Waals surface area (Å²) in [6.07, 6.45) is -4.04. The number of alkyl halides is 3. The molecule has 0 atom stereocenters. The predicted molar refractivity (Wildman–Crippen MR) is 55.1 cm³/mol. The normalized spacial score (nSPS) is 11.1. The van der Waals surface area contributed by atoms with Crippen molar-refractivity contribution in [2.45, 2.75) is 12.6 Å². The SMILES string of the molecule is NNc1ccnc(C(=O)NCCC(F)(F)F)c1. The summed E-state index contributed by atoms with van der Waals surface area (Å²) in [5, 5.41) is 2.12. The number of aromatic nitrogens is 1. The van der Waals surface area contributed by atoms with Crippen molar-refractivity contribution in [3.8, 4) is 0 Å². The molecule has 0 unspecified atom stereocenters. The molecule has 8 heteroatoms. The van der Waals surface area contributed by atoms with E-state index in [1.165, 1.54) is 18.3 Å². The molecule has 0 bridgehead atoms. The number of pyridine rings is 1. The van der Waals surface area contributed by atoms with Crippen molar-refractivity contribution in [1.82, 2.24) is 10.3 Å². The van der Waals surface area contributed by atoms with Crippen LogP contribution in [0.25, 0.3) is 0 Å². The Bertz CT molecular complexity index is 394. The topological polar surface area (TPSA) is 80.0 Å². The van der Waals surface area contributed by atoms with Gasteiger partial charge in [0.15, 0.2) is 0 Å². The number of hydrazine groups is 1. The van der Waals surface area contributed by atoms with Crippen molar-refractivity contribution < 1.29 is 18.0 Å². The van der Waals surface area contributed by atoms with Gasteiger partial charge in [-0.05, 0) is 12.1 Å². The number of hydrogen-bond acceptors (Lipinski definition) is 4. The molecule has 0 saturated carbocycles. The summed E-state index contributed by atoms with van der Waals surface area (Å²) >= 11 is 0. The standard InChI is InChI=1S/C9H11F3N4O/c10-9(11,12)2-4-15-8(17)7-5-6(16-13)1-3-14-7/h1,3,5H,2,4,13H2,(H,14,16)(H,15,17). The maximum absolute atomic E-state index is 11.8. The molecule has 0 aromatic carbocycles. The third-order valence-corrected chi connectivity index (χ3v) is 1.85. The van der Waals surface area contributed by atoms with Gasteiger partial charge in [0.2, 0.25) is 0 Å². The smallest absolute Gasteiger partial charge is 0.350 e. The molecule has 0 aliphatic heterocycles. The second-order valence-corrected chi connectivity index (χ2v) is 3.20. The predicted octanol–water partition coefficient (Wildman–Crippen LogP) is 1.05. The fourth-order valence-electron chi connectivity index (χ4n) is 1.05. The number of carbonyl (C=O) groups excluding carboxylic acids is 1. The summed E-state index contributed by atoms with van der Waals surface area (Å²) in [6, 6.07) is 2.86. The fourth-order valence-corrected chi connectivity index (χ4v) is 1.05. The van der Waals surface area contributed by atoms with Crippen molar-refractivity contribution in [2.75, 3.05) is 12.0 Å². The molecule has 0 aliphatic rings. The first-order chi connectivity index (χ1) is 7.92. The minimum Gasteiger partial charge on any atom is -0.350 e. The molecule has 17 heavy (non-hydrogen) atoms. The molecular formula is C9H11F3N4O. The Labute approximate surface area is 95.2 Å². The lowest BCUT2D eigenvalue weighted by Gasteiger charge is -2.08. The number of nitrogens with two attached hydrogens (primary N) is 1. The maximum atomic E-state index is 11.8. The number of nitrogens with zero attached hydrogens (tertiary/aromatic N) is 1. The summed E-state index contributed by atoms with van der Waals surface area (Å²) in [5.74, 6) is 4.44. The number of halogens is 3. The first-order valence-corrected chi connectivity index (χ1v) is 4.70. The molecule has 0 spiro atoms. The summed E-state index contributed by atoms with van der Waals surface area (Å²) in [6.45, 7) is -0.482. The van der Waals surface area contributed by atoms with E-state index >= 15 is 0 Å². The Kier molecular flexibility index (Phi) is 4.27. The number of rotatable bonds is 4. The van der Waals surface area contributed by atoms with Crippen LogP contribution in [0.2, 0.25) is 0 Å². The average Bonchev–Trinajstić information content (AvgIpc) is 2.27. The van der Waals surface area contributed by atoms with Gasteiger partial charge in [-0.3, -0.25) is 15.6 Å². The highest BCUT2D eigenvalue weighted by molar-refractivity contribution is 5.93. The van der Waals surface area contributed by atoms with Crippen molar-refractivity contribution >= 4 is 11.6 Å². The number of hydrogen-bond donors (Lipinski definition) is 3. The molecule has 1 heterocycles. The molecule has 1 aromatic heterocycles. The summed E-state index contributed by atoms with van der Waals surface area (Å²) < 4.78 is 35.5. The quantitative estimate of drug-likeness (QED) is 0.549. The molecule has 1 aromatic rings. The molecule has 0 fully saturated rings. The van der Waals surface area contributed by atoms with E-state index < -0.39 is 25.0 Å². The van der Waals surface area contributed by atoms with E-state index in [4.69, 9.17) is 5.84 Å². The zero-order valence-corrected chi connectivity index (χ0v) is 8.71. The van der Waals surface area contributed by atoms with E-state index in [1.54, 1.807) is 0 Å². The first kappa shape index (κ1) is 13.2. The van der Waals surface area contributed by atoms with Gasteiger partial charge < -0.3 is 10.7 Å². The molecule has 1 amide bonds. The van der Waals surface area contributed by atoms with Crippen LogP contribution in [0.1, 0.15) is 16.9 Å². The van der Waals surface area contributed by atoms with Crippen LogP contribution >= 0.6 is 0 Å². The monoisotopic (exact) mass is 248 g/mol. The van der Waals surface area contributed by atoms with Crippen molar-refractivity contribution in [3.63, 3.8) is 0 Å². The summed E-state index contributed by atoms with van der Waals surface area (Å²) in [4.78, 5) is 15.1. The van der Waals surface area contributed by atoms with Gasteiger partial charge in [-0.15, -0.1) is 0 Å². The molecule has 0 radical (unpaired) electrons. The van der Waals surface area contributed by atoms with E-state index in [0.717, 1.165) is 0 Å². The van der Waals surface area contributed by atoms with E-state index in [9.17, 15) is 18.0 Å². The van der Waals surface area contributed by atoms with Gasteiger partial charge in [0.05, 0.1) is 12.1 Å². The lowest BCUT2D eigenvalue weighted by molar-refractivity contribution is -0.132. The van der Waals surface area contributed by atoms with Crippen LogP contribution in [0.4, 0.5) is 18.9 Å². The highest BCUT2D eigenvalue weighted by atomic mass is 19.4. The largest absolute Gasteiger partial charge is 0.390 e. The van der Waals surface area contributed by atoms with Gasteiger partial charge in [0, 0.05) is 12.7 Å². The average molecular weight is 248 g/mol. The van der Waals surface area contributed by atoms with Crippen molar-refractivity contribution in [3.05, 3.63) is 24.0 Å². The van der Waals surface area contributed by atoms with Crippen LogP contribution in [0, 0.1) is 0 Å². The first-order valence-electron chi connectivity index (χ1n) is 4.70. The molecule has 0 saturated heterocycles. The zero-order valence-electron chi connectivity index (χ0n) is 8.71. The molecule has 94 valence electrons. The highest BCUT2D eigenvalue weighted by Crippen LogP contribution is 2.18. The van der Waals surface area contributed by atoms with E-state index in [-0.39, 0.29) is 5.69 Å². The lowest BCUT2D eigenvalue weighted by Crippen LogP contribution is -2.28. The third kappa shape index (κ3) is 4.68. The molecule has 0 aliphatic carbocycles. The molecule has 4 N–H and O–H groups in total. The van der Waals surface area contributed by atoms with Gasteiger partial charge in [-0.1, -0.05) is 0 Å². The minimum absolute atomic E-state index is 0.00243. The molecule has 5 nitrogen and oxygen atoms in total. The highest BCUT2D eigenvalue weighted by Gasteiger charge is 2.26. The maximum Gasteiger partial charge on any atom is 0.390 e. The van der Waals surface area contributed by atoms with Gasteiger partial charge in [-0.25, -0.2) is 0 Å². The van der Waals surface area contributed by atoms with Gasteiger partial charge in [-0.2, -0.15) is 13.2 Å². The van der Waals surface area contributed by atoms with Crippen molar-refractivity contribution in [2.24, 2.45) is 5.84 Å². The Balaban J connectivity index is 2.52. The van der Waals surface area contributed by atoms with Crippen LogP contribution in [0.5, 0.6) is 0 Å². The van der Waals surface area contributed by atoms with Crippen LogP contribution in [-0.2, 0) is 0 Å². The lowest BCUT2D eigenvalue weighted by atomic mass is 10.3. The number of nitrogens with one attached hydrogen (secondary N) is 2. The number of amides is 1. The number of anilines is 1. The van der Waals surface area contributed by atoms with E-state index in [1.807, 2.05) is 0 Å². The Morgan fingerprint density at radius 1 is 1.47 bits per heavy atom. The molecule has 1 rings (SSSR count). The Hall–Kier alpha value is -1.83. The summed E-state index contributed by atoms with van der Waals surface area (Å²) in [7, 11) is 0. The minimum atomic E-state index is -4.29. The second kappa shape index (κ2) is 5.48. The zero-order chi connectivity index (χ0) is 12.9. The molecular weight excluding hydrogens is 237 g/mol. The van der Waals surface area contributed by atoms with Crippen LogP contribution in [-0.4, -0.2) is 23.6 Å². The summed E-state index contributed by atoms with van der Waals surface area (Å²) in [5.41, 5.74) is 2.75. The van der Waals surface area contributed by atoms with E-state index in [2.05, 4.69) is 15.7 Å². The van der Waals surface area contributed by atoms with Crippen LogP contribution < -0.4 is 16.6 Å². The van der Waals surface area contributed by atoms with Crippen LogP contribution in [0.3, 0.4) is 0 Å². The number of carbonyl (C=O) groups is 1. The fraction of sp³-hybridized carbons (Fsp3) is 0.333. The Morgan fingerprint density at radius 3 is 2.76 bits per heavy atom. The third-order valence-electron chi connectivity index (χ3n) is 1.85. The van der Waals surface area contributed by atoms with Gasteiger partial charge in [0.25, 0.3) is 5.91 Å². The van der Waals surface area contributed by atoms with Gasteiger partial charge in [0.1, 0.15) is 5.69 Å².